The zero-order chi connectivity index (χ0) is 11.4. The molecule has 4 heteroatoms. The Labute approximate surface area is 101 Å². The summed E-state index contributed by atoms with van der Waals surface area (Å²) in [5, 5.41) is 0. The molecule has 1 heterocycles. The van der Waals surface area contributed by atoms with E-state index in [0.717, 1.165) is 36.6 Å². The summed E-state index contributed by atoms with van der Waals surface area (Å²) in [5.74, 6) is 1.70. The molecule has 1 aromatic carbocycles. The number of carbonyl (C=O) groups excluding carboxylic acids is 1. The first-order chi connectivity index (χ1) is 7.83. The van der Waals surface area contributed by atoms with Crippen LogP contribution in [-0.4, -0.2) is 24.8 Å². The van der Waals surface area contributed by atoms with Crippen molar-refractivity contribution < 1.29 is 9.53 Å². The van der Waals surface area contributed by atoms with Gasteiger partial charge in [-0.15, -0.1) is 0 Å². The minimum atomic E-state index is 0.0397. The number of hydrogen-bond donors (Lipinski definition) is 1. The SMILES string of the molecule is O=C1COc2ccccc2N1CCCCS. The highest BCUT2D eigenvalue weighted by Crippen LogP contribution is 2.31. The minimum Gasteiger partial charge on any atom is -0.482 e. The van der Waals surface area contributed by atoms with Crippen LogP contribution in [0.15, 0.2) is 24.3 Å². The molecule has 0 radical (unpaired) electrons. The normalized spacial score (nSPS) is 14.6. The van der Waals surface area contributed by atoms with Gasteiger partial charge in [-0.1, -0.05) is 12.1 Å². The number of para-hydroxylation sites is 2. The van der Waals surface area contributed by atoms with Gasteiger partial charge in [0, 0.05) is 6.54 Å². The number of fused-ring (bicyclic) bond motifs is 1. The van der Waals surface area contributed by atoms with Crippen molar-refractivity contribution in [1.82, 2.24) is 0 Å². The van der Waals surface area contributed by atoms with Crippen molar-refractivity contribution >= 4 is 24.2 Å². The molecule has 1 amide bonds. The zero-order valence-electron chi connectivity index (χ0n) is 9.06. The Morgan fingerprint density at radius 2 is 2.12 bits per heavy atom. The van der Waals surface area contributed by atoms with Gasteiger partial charge in [-0.2, -0.15) is 12.6 Å². The molecule has 0 aromatic heterocycles. The van der Waals surface area contributed by atoms with Gasteiger partial charge < -0.3 is 9.64 Å². The maximum atomic E-state index is 11.7. The molecule has 3 nitrogen and oxygen atoms in total. The van der Waals surface area contributed by atoms with Gasteiger partial charge in [0.2, 0.25) is 0 Å². The molecule has 0 spiro atoms. The Hall–Kier alpha value is -1.16. The molecule has 1 aliphatic rings. The molecular weight excluding hydrogens is 222 g/mol. The van der Waals surface area contributed by atoms with Crippen molar-refractivity contribution in [2.24, 2.45) is 0 Å². The molecule has 1 aromatic rings. The molecule has 0 unspecified atom stereocenters. The summed E-state index contributed by atoms with van der Waals surface area (Å²) in [7, 11) is 0. The van der Waals surface area contributed by atoms with Crippen LogP contribution in [0.5, 0.6) is 5.75 Å². The molecule has 2 rings (SSSR count). The smallest absolute Gasteiger partial charge is 0.265 e. The fraction of sp³-hybridized carbons (Fsp3) is 0.417. The minimum absolute atomic E-state index is 0.0397. The molecule has 16 heavy (non-hydrogen) atoms. The lowest BCUT2D eigenvalue weighted by atomic mass is 10.2. The van der Waals surface area contributed by atoms with Crippen LogP contribution in [0.1, 0.15) is 12.8 Å². The van der Waals surface area contributed by atoms with E-state index in [9.17, 15) is 4.79 Å². The standard InChI is InChI=1S/C12H15NO2S/c14-12-9-15-11-6-2-1-5-10(11)13(12)7-3-4-8-16/h1-2,5-6,16H,3-4,7-9H2. The predicted octanol–water partition coefficient (Wildman–Crippen LogP) is 2.12. The number of anilines is 1. The van der Waals surface area contributed by atoms with E-state index in [1.807, 2.05) is 29.2 Å². The van der Waals surface area contributed by atoms with Crippen LogP contribution >= 0.6 is 12.6 Å². The second-order valence-corrected chi connectivity index (χ2v) is 4.18. The van der Waals surface area contributed by atoms with Gasteiger partial charge in [0.15, 0.2) is 6.61 Å². The average molecular weight is 237 g/mol. The molecule has 0 aliphatic carbocycles. The third-order valence-corrected chi connectivity index (χ3v) is 2.91. The molecule has 86 valence electrons. The number of nitrogens with zero attached hydrogens (tertiary/aromatic N) is 1. The Morgan fingerprint density at radius 1 is 1.31 bits per heavy atom. The first kappa shape index (κ1) is 11.3. The molecule has 0 saturated carbocycles. The van der Waals surface area contributed by atoms with Crippen LogP contribution < -0.4 is 9.64 Å². The highest BCUT2D eigenvalue weighted by molar-refractivity contribution is 7.80. The molecule has 0 fully saturated rings. The summed E-state index contributed by atoms with van der Waals surface area (Å²) in [6, 6.07) is 7.66. The zero-order valence-corrected chi connectivity index (χ0v) is 9.95. The Balaban J connectivity index is 2.13. The lowest BCUT2D eigenvalue weighted by molar-refractivity contribution is -0.121. The number of ether oxygens (including phenoxy) is 1. The molecule has 0 atom stereocenters. The fourth-order valence-corrected chi connectivity index (χ4v) is 2.00. The van der Waals surface area contributed by atoms with Gasteiger partial charge in [0.1, 0.15) is 5.75 Å². The summed E-state index contributed by atoms with van der Waals surface area (Å²) in [5.41, 5.74) is 0.887. The summed E-state index contributed by atoms with van der Waals surface area (Å²) in [6.45, 7) is 0.900. The lowest BCUT2D eigenvalue weighted by Crippen LogP contribution is -2.39. The average Bonchev–Trinajstić information content (AvgIpc) is 2.32. The van der Waals surface area contributed by atoms with Crippen LogP contribution in [-0.2, 0) is 4.79 Å². The molecule has 0 N–H and O–H groups in total. The number of thiol groups is 1. The first-order valence-electron chi connectivity index (χ1n) is 5.46. The largest absolute Gasteiger partial charge is 0.482 e. The number of rotatable bonds is 4. The van der Waals surface area contributed by atoms with Gasteiger partial charge in [0.25, 0.3) is 5.91 Å². The molecule has 0 bridgehead atoms. The third kappa shape index (κ3) is 2.32. The van der Waals surface area contributed by atoms with E-state index >= 15 is 0 Å². The van der Waals surface area contributed by atoms with E-state index in [0.29, 0.717) is 0 Å². The monoisotopic (exact) mass is 237 g/mol. The van der Waals surface area contributed by atoms with E-state index in [4.69, 9.17) is 4.74 Å². The molecular formula is C12H15NO2S. The Morgan fingerprint density at radius 3 is 2.94 bits per heavy atom. The van der Waals surface area contributed by atoms with Gasteiger partial charge in [-0.25, -0.2) is 0 Å². The van der Waals surface area contributed by atoms with E-state index in [1.165, 1.54) is 0 Å². The van der Waals surface area contributed by atoms with E-state index in [-0.39, 0.29) is 12.5 Å². The predicted molar refractivity (Wildman–Crippen MR) is 67.4 cm³/mol. The van der Waals surface area contributed by atoms with E-state index < -0.39 is 0 Å². The number of benzene rings is 1. The van der Waals surface area contributed by atoms with Crippen LogP contribution in [0.2, 0.25) is 0 Å². The highest BCUT2D eigenvalue weighted by Gasteiger charge is 2.24. The third-order valence-electron chi connectivity index (χ3n) is 2.60. The number of amides is 1. The van der Waals surface area contributed by atoms with Crippen LogP contribution in [0.4, 0.5) is 5.69 Å². The molecule has 0 saturated heterocycles. The van der Waals surface area contributed by atoms with Crippen molar-refractivity contribution in [3.63, 3.8) is 0 Å². The van der Waals surface area contributed by atoms with Gasteiger partial charge in [-0.05, 0) is 30.7 Å². The van der Waals surface area contributed by atoms with E-state index in [2.05, 4.69) is 12.6 Å². The van der Waals surface area contributed by atoms with Crippen molar-refractivity contribution in [2.75, 3.05) is 23.8 Å². The Bertz CT molecular complexity index is 381. The number of carbonyl (C=O) groups is 1. The summed E-state index contributed by atoms with van der Waals surface area (Å²) in [6.07, 6.45) is 2.00. The first-order valence-corrected chi connectivity index (χ1v) is 6.09. The number of unbranched alkanes of at least 4 members (excludes halogenated alkanes) is 1. The molecule has 1 aliphatic heterocycles. The van der Waals surface area contributed by atoms with Crippen molar-refractivity contribution in [3.05, 3.63) is 24.3 Å². The van der Waals surface area contributed by atoms with Crippen LogP contribution in [0.25, 0.3) is 0 Å². The quantitative estimate of drug-likeness (QED) is 0.642. The van der Waals surface area contributed by atoms with Gasteiger partial charge >= 0.3 is 0 Å². The lowest BCUT2D eigenvalue weighted by Gasteiger charge is -2.29. The van der Waals surface area contributed by atoms with Crippen molar-refractivity contribution in [3.8, 4) is 5.75 Å². The maximum Gasteiger partial charge on any atom is 0.265 e. The van der Waals surface area contributed by atoms with E-state index in [1.54, 1.807) is 0 Å². The highest BCUT2D eigenvalue weighted by atomic mass is 32.1. The van der Waals surface area contributed by atoms with Crippen molar-refractivity contribution in [2.45, 2.75) is 12.8 Å². The number of hydrogen-bond acceptors (Lipinski definition) is 3. The fourth-order valence-electron chi connectivity index (χ4n) is 1.78. The summed E-state index contributed by atoms with van der Waals surface area (Å²) >= 11 is 4.17. The maximum absolute atomic E-state index is 11.7. The van der Waals surface area contributed by atoms with Crippen molar-refractivity contribution in [1.29, 1.82) is 0 Å². The topological polar surface area (TPSA) is 29.5 Å². The summed E-state index contributed by atoms with van der Waals surface area (Å²) < 4.78 is 5.37. The summed E-state index contributed by atoms with van der Waals surface area (Å²) in [4.78, 5) is 13.5. The Kier molecular flexibility index (Phi) is 3.72. The second kappa shape index (κ2) is 5.25. The van der Waals surface area contributed by atoms with Crippen LogP contribution in [0.3, 0.4) is 0 Å². The second-order valence-electron chi connectivity index (χ2n) is 3.73. The van der Waals surface area contributed by atoms with Gasteiger partial charge in [-0.3, -0.25) is 4.79 Å². The van der Waals surface area contributed by atoms with Crippen LogP contribution in [0, 0.1) is 0 Å². The van der Waals surface area contributed by atoms with Gasteiger partial charge in [0.05, 0.1) is 5.69 Å².